The third-order valence-corrected chi connectivity index (χ3v) is 5.26. The number of carbonyl (C=O) groups excluding carboxylic acids is 1. The summed E-state index contributed by atoms with van der Waals surface area (Å²) in [4.78, 5) is 27.5. The monoisotopic (exact) mass is 416 g/mol. The molecule has 154 valence electrons. The van der Waals surface area contributed by atoms with Crippen LogP contribution in [0.5, 0.6) is 5.75 Å². The summed E-state index contributed by atoms with van der Waals surface area (Å²) in [7, 11) is 3.59. The number of carbonyl (C=O) groups is 1. The molecule has 0 aliphatic rings. The maximum atomic E-state index is 13.3. The third kappa shape index (κ3) is 3.65. The number of aromatic hydroxyl groups is 1. The number of rotatable bonds is 5. The van der Waals surface area contributed by atoms with E-state index in [0.717, 1.165) is 5.56 Å². The fourth-order valence-electron chi connectivity index (χ4n) is 3.60. The zero-order chi connectivity index (χ0) is 21.5. The van der Waals surface area contributed by atoms with Gasteiger partial charge in [-0.05, 0) is 30.5 Å². The predicted octanol–water partition coefficient (Wildman–Crippen LogP) is 4.27. The molecule has 1 heterocycles. The van der Waals surface area contributed by atoms with Crippen LogP contribution in [0.25, 0.3) is 21.8 Å². The van der Waals surface area contributed by atoms with Gasteiger partial charge in [-0.1, -0.05) is 31.5 Å². The SMILES string of the molecule is CCOC(=O)Cn1c2cc(C(C)C)ccc2c(=O)c2c(O)cc(Cl)c(N(C)C)c21. The number of hydrogen-bond acceptors (Lipinski definition) is 5. The molecular formula is C22H25ClN2O4. The molecule has 3 aromatic rings. The summed E-state index contributed by atoms with van der Waals surface area (Å²) >= 11 is 6.43. The number of esters is 1. The molecule has 0 saturated heterocycles. The molecule has 0 atom stereocenters. The molecule has 7 heteroatoms. The quantitative estimate of drug-likeness (QED) is 0.497. The molecule has 0 spiro atoms. The lowest BCUT2D eigenvalue weighted by molar-refractivity contribution is -0.143. The molecule has 0 aliphatic carbocycles. The lowest BCUT2D eigenvalue weighted by Gasteiger charge is -2.23. The van der Waals surface area contributed by atoms with E-state index >= 15 is 0 Å². The normalized spacial score (nSPS) is 11.4. The highest BCUT2D eigenvalue weighted by Gasteiger charge is 2.23. The Balaban J connectivity index is 2.58. The lowest BCUT2D eigenvalue weighted by Crippen LogP contribution is -2.21. The largest absolute Gasteiger partial charge is 0.507 e. The van der Waals surface area contributed by atoms with Crippen molar-refractivity contribution in [2.24, 2.45) is 0 Å². The van der Waals surface area contributed by atoms with Crippen molar-refractivity contribution in [2.45, 2.75) is 33.2 Å². The van der Waals surface area contributed by atoms with Gasteiger partial charge in [0.1, 0.15) is 12.3 Å². The number of phenols is 1. The third-order valence-electron chi connectivity index (χ3n) is 4.97. The Bertz CT molecular complexity index is 1170. The second-order valence-electron chi connectivity index (χ2n) is 7.50. The van der Waals surface area contributed by atoms with Crippen molar-refractivity contribution in [1.82, 2.24) is 4.57 Å². The first-order valence-electron chi connectivity index (χ1n) is 9.51. The van der Waals surface area contributed by atoms with Crippen molar-refractivity contribution in [1.29, 1.82) is 0 Å². The van der Waals surface area contributed by atoms with E-state index in [1.54, 1.807) is 36.6 Å². The number of fused-ring (bicyclic) bond motifs is 2. The van der Waals surface area contributed by atoms with E-state index < -0.39 is 5.97 Å². The molecule has 1 N–H and O–H groups in total. The van der Waals surface area contributed by atoms with E-state index in [1.807, 2.05) is 12.1 Å². The molecule has 0 bridgehead atoms. The highest BCUT2D eigenvalue weighted by molar-refractivity contribution is 6.35. The van der Waals surface area contributed by atoms with Crippen molar-refractivity contribution in [3.05, 3.63) is 45.1 Å². The van der Waals surface area contributed by atoms with Crippen LogP contribution in [0.2, 0.25) is 5.02 Å². The van der Waals surface area contributed by atoms with Crippen LogP contribution in [0.1, 0.15) is 32.3 Å². The van der Waals surface area contributed by atoms with E-state index in [-0.39, 0.29) is 40.7 Å². The predicted molar refractivity (Wildman–Crippen MR) is 117 cm³/mol. The van der Waals surface area contributed by atoms with E-state index in [0.29, 0.717) is 22.1 Å². The van der Waals surface area contributed by atoms with Gasteiger partial charge >= 0.3 is 5.97 Å². The van der Waals surface area contributed by atoms with Crippen LogP contribution >= 0.6 is 11.6 Å². The minimum absolute atomic E-state index is 0.108. The van der Waals surface area contributed by atoms with Gasteiger partial charge in [-0.15, -0.1) is 0 Å². The maximum Gasteiger partial charge on any atom is 0.325 e. The number of aromatic nitrogens is 1. The standard InChI is InChI=1S/C22H25ClN2O4/c1-6-29-18(27)11-25-16-9-13(12(2)3)7-8-14(16)22(28)19-17(26)10-15(23)20(21(19)25)24(4)5/h7-10,12,26H,6,11H2,1-5H3. The van der Waals surface area contributed by atoms with Gasteiger partial charge in [-0.3, -0.25) is 9.59 Å². The van der Waals surface area contributed by atoms with E-state index in [2.05, 4.69) is 13.8 Å². The first-order valence-corrected chi connectivity index (χ1v) is 9.89. The summed E-state index contributed by atoms with van der Waals surface area (Å²) in [6.45, 7) is 6.00. The fraction of sp³-hybridized carbons (Fsp3) is 0.364. The Labute approximate surface area is 174 Å². The van der Waals surface area contributed by atoms with Crippen LogP contribution < -0.4 is 10.3 Å². The van der Waals surface area contributed by atoms with Crippen molar-refractivity contribution < 1.29 is 14.6 Å². The summed E-state index contributed by atoms with van der Waals surface area (Å²) in [5, 5.41) is 11.4. The van der Waals surface area contributed by atoms with E-state index in [4.69, 9.17) is 16.3 Å². The van der Waals surface area contributed by atoms with Crippen molar-refractivity contribution in [2.75, 3.05) is 25.6 Å². The molecule has 0 saturated carbocycles. The van der Waals surface area contributed by atoms with Crippen LogP contribution in [0.4, 0.5) is 5.69 Å². The molecule has 29 heavy (non-hydrogen) atoms. The van der Waals surface area contributed by atoms with Crippen molar-refractivity contribution in [3.63, 3.8) is 0 Å². The van der Waals surface area contributed by atoms with E-state index in [9.17, 15) is 14.7 Å². The average molecular weight is 417 g/mol. The number of benzene rings is 2. The second-order valence-corrected chi connectivity index (χ2v) is 7.90. The first-order chi connectivity index (χ1) is 13.7. The number of pyridine rings is 1. The summed E-state index contributed by atoms with van der Waals surface area (Å²) in [6, 6.07) is 6.92. The zero-order valence-electron chi connectivity index (χ0n) is 17.2. The Hall–Kier alpha value is -2.73. The molecular weight excluding hydrogens is 392 g/mol. The Morgan fingerprint density at radius 3 is 2.55 bits per heavy atom. The van der Waals surface area contributed by atoms with Crippen LogP contribution in [-0.4, -0.2) is 36.3 Å². The van der Waals surface area contributed by atoms with Gasteiger partial charge in [0.15, 0.2) is 0 Å². The molecule has 3 rings (SSSR count). The Morgan fingerprint density at radius 2 is 1.97 bits per heavy atom. The number of nitrogens with zero attached hydrogens (tertiary/aromatic N) is 2. The highest BCUT2D eigenvalue weighted by Crippen LogP contribution is 2.39. The fourth-order valence-corrected chi connectivity index (χ4v) is 3.97. The number of hydrogen-bond donors (Lipinski definition) is 1. The average Bonchev–Trinajstić information content (AvgIpc) is 2.63. The summed E-state index contributed by atoms with van der Waals surface area (Å²) < 4.78 is 6.88. The molecule has 2 aromatic carbocycles. The number of halogens is 1. The summed E-state index contributed by atoms with van der Waals surface area (Å²) in [5.41, 5.74) is 2.30. The van der Waals surface area contributed by atoms with E-state index in [1.165, 1.54) is 6.07 Å². The van der Waals surface area contributed by atoms with Gasteiger partial charge in [0, 0.05) is 25.5 Å². The topological polar surface area (TPSA) is 71.8 Å². The number of ether oxygens (including phenoxy) is 1. The molecule has 6 nitrogen and oxygen atoms in total. The minimum atomic E-state index is -0.433. The van der Waals surface area contributed by atoms with Gasteiger partial charge in [0.2, 0.25) is 5.43 Å². The lowest BCUT2D eigenvalue weighted by atomic mass is 9.99. The van der Waals surface area contributed by atoms with Gasteiger partial charge < -0.3 is 19.3 Å². The summed E-state index contributed by atoms with van der Waals surface area (Å²) in [6.07, 6.45) is 0. The molecule has 0 aliphatic heterocycles. The number of phenolic OH excluding ortho intramolecular Hbond substituents is 1. The first kappa shape index (κ1) is 21.0. The highest BCUT2D eigenvalue weighted by atomic mass is 35.5. The Morgan fingerprint density at radius 1 is 1.28 bits per heavy atom. The van der Waals surface area contributed by atoms with Gasteiger partial charge in [-0.2, -0.15) is 0 Å². The minimum Gasteiger partial charge on any atom is -0.507 e. The van der Waals surface area contributed by atoms with Crippen LogP contribution in [0.15, 0.2) is 29.1 Å². The second kappa shape index (κ2) is 7.95. The van der Waals surface area contributed by atoms with Gasteiger partial charge in [0.25, 0.3) is 0 Å². The Kier molecular flexibility index (Phi) is 5.75. The van der Waals surface area contributed by atoms with Crippen LogP contribution in [0.3, 0.4) is 0 Å². The molecule has 1 aromatic heterocycles. The molecule has 0 fully saturated rings. The molecule has 0 unspecified atom stereocenters. The number of anilines is 1. The molecule has 0 radical (unpaired) electrons. The van der Waals surface area contributed by atoms with Crippen molar-refractivity contribution in [3.8, 4) is 5.75 Å². The maximum absolute atomic E-state index is 13.3. The van der Waals surface area contributed by atoms with Gasteiger partial charge in [-0.25, -0.2) is 0 Å². The van der Waals surface area contributed by atoms with Crippen LogP contribution in [-0.2, 0) is 16.1 Å². The summed E-state index contributed by atoms with van der Waals surface area (Å²) in [5.74, 6) is -0.409. The molecule has 0 amide bonds. The zero-order valence-corrected chi connectivity index (χ0v) is 18.0. The van der Waals surface area contributed by atoms with Crippen molar-refractivity contribution >= 4 is 45.1 Å². The van der Waals surface area contributed by atoms with Gasteiger partial charge in [0.05, 0.1) is 33.7 Å². The van der Waals surface area contributed by atoms with Crippen LogP contribution in [0, 0.1) is 0 Å². The smallest absolute Gasteiger partial charge is 0.325 e.